The number of rotatable bonds is 5. The highest BCUT2D eigenvalue weighted by Crippen LogP contribution is 2.24. The fraction of sp³-hybridized carbons (Fsp3) is 0.364. The Labute approximate surface area is 109 Å². The summed E-state index contributed by atoms with van der Waals surface area (Å²) < 4.78 is 0. The maximum absolute atomic E-state index is 11.6. The zero-order chi connectivity index (χ0) is 13.7. The molecule has 0 saturated carbocycles. The molecule has 1 amide bonds. The van der Waals surface area contributed by atoms with Gasteiger partial charge in [0, 0.05) is 11.6 Å². The van der Waals surface area contributed by atoms with Crippen LogP contribution in [0.5, 0.6) is 0 Å². The summed E-state index contributed by atoms with van der Waals surface area (Å²) in [4.78, 5) is 26.6. The number of hydroxylamine groups is 1. The SMILES string of the molecule is CC(C)CONC(=O)c1ccc(Cl)c([N+](=O)[O-])c1. The molecule has 0 aromatic heterocycles. The van der Waals surface area contributed by atoms with E-state index in [-0.39, 0.29) is 22.2 Å². The van der Waals surface area contributed by atoms with Gasteiger partial charge in [0.15, 0.2) is 0 Å². The third-order valence-corrected chi connectivity index (χ3v) is 2.31. The van der Waals surface area contributed by atoms with E-state index < -0.39 is 10.8 Å². The second kappa shape index (κ2) is 6.32. The molecule has 98 valence electrons. The molecule has 0 spiro atoms. The molecule has 1 rings (SSSR count). The van der Waals surface area contributed by atoms with Gasteiger partial charge in [-0.05, 0) is 18.1 Å². The van der Waals surface area contributed by atoms with Crippen molar-refractivity contribution in [3.8, 4) is 0 Å². The van der Waals surface area contributed by atoms with Crippen molar-refractivity contribution in [1.29, 1.82) is 0 Å². The largest absolute Gasteiger partial charge is 0.288 e. The van der Waals surface area contributed by atoms with Crippen LogP contribution in [0, 0.1) is 16.0 Å². The highest BCUT2D eigenvalue weighted by molar-refractivity contribution is 6.32. The second-order valence-electron chi connectivity index (χ2n) is 4.06. The van der Waals surface area contributed by atoms with Crippen LogP contribution < -0.4 is 5.48 Å². The molecule has 18 heavy (non-hydrogen) atoms. The lowest BCUT2D eigenvalue weighted by atomic mass is 10.2. The molecule has 0 aliphatic carbocycles. The van der Waals surface area contributed by atoms with Crippen LogP contribution >= 0.6 is 11.6 Å². The molecule has 0 aliphatic heterocycles. The number of carbonyl (C=O) groups is 1. The van der Waals surface area contributed by atoms with Crippen LogP contribution in [0.15, 0.2) is 18.2 Å². The van der Waals surface area contributed by atoms with Crippen LogP contribution in [0.1, 0.15) is 24.2 Å². The molecular formula is C11H13ClN2O4. The average Bonchev–Trinajstić information content (AvgIpc) is 2.28. The van der Waals surface area contributed by atoms with Gasteiger partial charge in [-0.15, -0.1) is 0 Å². The fourth-order valence-electron chi connectivity index (χ4n) is 1.13. The summed E-state index contributed by atoms with van der Waals surface area (Å²) in [5, 5.41) is 10.6. The summed E-state index contributed by atoms with van der Waals surface area (Å²) in [6, 6.07) is 3.80. The summed E-state index contributed by atoms with van der Waals surface area (Å²) in [5.74, 6) is -0.278. The number of amides is 1. The highest BCUT2D eigenvalue weighted by atomic mass is 35.5. The normalized spacial score (nSPS) is 10.4. The number of nitro groups is 1. The molecule has 1 N–H and O–H groups in total. The number of halogens is 1. The lowest BCUT2D eigenvalue weighted by Crippen LogP contribution is -2.25. The predicted molar refractivity (Wildman–Crippen MR) is 66.4 cm³/mol. The van der Waals surface area contributed by atoms with Crippen LogP contribution in [-0.4, -0.2) is 17.4 Å². The second-order valence-corrected chi connectivity index (χ2v) is 4.47. The topological polar surface area (TPSA) is 81.5 Å². The van der Waals surface area contributed by atoms with E-state index in [9.17, 15) is 14.9 Å². The van der Waals surface area contributed by atoms with Crippen molar-refractivity contribution in [2.45, 2.75) is 13.8 Å². The summed E-state index contributed by atoms with van der Waals surface area (Å²) in [5.41, 5.74) is 2.02. The minimum absolute atomic E-state index is 0.0142. The maximum Gasteiger partial charge on any atom is 0.288 e. The van der Waals surface area contributed by atoms with Crippen LogP contribution in [0.3, 0.4) is 0 Å². The predicted octanol–water partition coefficient (Wildman–Crippen LogP) is 2.57. The zero-order valence-electron chi connectivity index (χ0n) is 9.97. The fourth-order valence-corrected chi connectivity index (χ4v) is 1.31. The molecule has 0 aliphatic rings. The summed E-state index contributed by atoms with van der Waals surface area (Å²) in [6.07, 6.45) is 0. The Kier molecular flexibility index (Phi) is 5.06. The van der Waals surface area contributed by atoms with Gasteiger partial charge in [-0.3, -0.25) is 19.7 Å². The van der Waals surface area contributed by atoms with Crippen molar-refractivity contribution in [2.24, 2.45) is 5.92 Å². The molecular weight excluding hydrogens is 260 g/mol. The van der Waals surface area contributed by atoms with Gasteiger partial charge in [0.1, 0.15) is 5.02 Å². The van der Waals surface area contributed by atoms with Crippen molar-refractivity contribution < 1.29 is 14.6 Å². The van der Waals surface area contributed by atoms with E-state index in [2.05, 4.69) is 5.48 Å². The Balaban J connectivity index is 2.74. The first-order chi connectivity index (χ1) is 8.41. The molecule has 1 aromatic carbocycles. The van der Waals surface area contributed by atoms with Crippen molar-refractivity contribution >= 4 is 23.2 Å². The van der Waals surface area contributed by atoms with Crippen LogP contribution in [-0.2, 0) is 4.84 Å². The molecule has 0 saturated heterocycles. The van der Waals surface area contributed by atoms with E-state index in [1.807, 2.05) is 13.8 Å². The van der Waals surface area contributed by atoms with E-state index in [4.69, 9.17) is 16.4 Å². The van der Waals surface area contributed by atoms with Crippen LogP contribution in [0.4, 0.5) is 5.69 Å². The summed E-state index contributed by atoms with van der Waals surface area (Å²) in [7, 11) is 0. The molecule has 1 aromatic rings. The van der Waals surface area contributed by atoms with E-state index in [1.54, 1.807) is 0 Å². The molecule has 7 heteroatoms. The molecule has 0 heterocycles. The van der Waals surface area contributed by atoms with Gasteiger partial charge < -0.3 is 0 Å². The smallest absolute Gasteiger partial charge is 0.273 e. The quantitative estimate of drug-likeness (QED) is 0.660. The van der Waals surface area contributed by atoms with Gasteiger partial charge in [0.2, 0.25) is 0 Å². The van der Waals surface area contributed by atoms with Gasteiger partial charge in [0.25, 0.3) is 11.6 Å². The number of hydrogen-bond donors (Lipinski definition) is 1. The lowest BCUT2D eigenvalue weighted by Gasteiger charge is -2.07. The minimum Gasteiger partial charge on any atom is -0.273 e. The number of nitro benzene ring substituents is 1. The Morgan fingerprint density at radius 1 is 1.56 bits per heavy atom. The molecule has 0 radical (unpaired) electrons. The zero-order valence-corrected chi connectivity index (χ0v) is 10.7. The Morgan fingerprint density at radius 2 is 2.22 bits per heavy atom. The molecule has 0 fully saturated rings. The highest BCUT2D eigenvalue weighted by Gasteiger charge is 2.16. The van der Waals surface area contributed by atoms with Gasteiger partial charge in [0.05, 0.1) is 11.5 Å². The van der Waals surface area contributed by atoms with E-state index in [0.29, 0.717) is 6.61 Å². The maximum atomic E-state index is 11.6. The summed E-state index contributed by atoms with van der Waals surface area (Å²) >= 11 is 5.64. The van der Waals surface area contributed by atoms with Crippen LogP contribution in [0.2, 0.25) is 5.02 Å². The first kappa shape index (κ1) is 14.4. The number of carbonyl (C=O) groups excluding carboxylic acids is 1. The first-order valence-electron chi connectivity index (χ1n) is 5.28. The Hall–Kier alpha value is -1.66. The van der Waals surface area contributed by atoms with Gasteiger partial charge in [-0.2, -0.15) is 0 Å². The third kappa shape index (κ3) is 3.97. The molecule has 0 bridgehead atoms. The van der Waals surface area contributed by atoms with Crippen molar-refractivity contribution in [3.63, 3.8) is 0 Å². The molecule has 0 unspecified atom stereocenters. The van der Waals surface area contributed by atoms with Gasteiger partial charge in [-0.1, -0.05) is 25.4 Å². The molecule has 6 nitrogen and oxygen atoms in total. The van der Waals surface area contributed by atoms with Crippen molar-refractivity contribution in [3.05, 3.63) is 38.9 Å². The average molecular weight is 273 g/mol. The van der Waals surface area contributed by atoms with Crippen LogP contribution in [0.25, 0.3) is 0 Å². The molecule has 0 atom stereocenters. The minimum atomic E-state index is -0.645. The van der Waals surface area contributed by atoms with E-state index in [1.165, 1.54) is 12.1 Å². The van der Waals surface area contributed by atoms with E-state index in [0.717, 1.165) is 6.07 Å². The van der Waals surface area contributed by atoms with Gasteiger partial charge in [-0.25, -0.2) is 5.48 Å². The Bertz CT molecular complexity index is 462. The van der Waals surface area contributed by atoms with E-state index >= 15 is 0 Å². The third-order valence-electron chi connectivity index (χ3n) is 1.99. The first-order valence-corrected chi connectivity index (χ1v) is 5.65. The number of benzene rings is 1. The Morgan fingerprint density at radius 3 is 2.78 bits per heavy atom. The monoisotopic (exact) mass is 272 g/mol. The standard InChI is InChI=1S/C11H13ClN2O4/c1-7(2)6-18-13-11(15)8-3-4-9(12)10(5-8)14(16)17/h3-5,7H,6H2,1-2H3,(H,13,15). The number of hydrogen-bond acceptors (Lipinski definition) is 4. The van der Waals surface area contributed by atoms with Gasteiger partial charge >= 0.3 is 0 Å². The van der Waals surface area contributed by atoms with Crippen molar-refractivity contribution in [1.82, 2.24) is 5.48 Å². The number of nitrogens with zero attached hydrogens (tertiary/aromatic N) is 1. The summed E-state index contributed by atoms with van der Waals surface area (Å²) in [6.45, 7) is 4.22. The van der Waals surface area contributed by atoms with Crippen molar-refractivity contribution in [2.75, 3.05) is 6.61 Å². The number of nitrogens with one attached hydrogen (secondary N) is 1. The lowest BCUT2D eigenvalue weighted by molar-refractivity contribution is -0.384.